The highest BCUT2D eigenvalue weighted by Gasteiger charge is 2.29. The van der Waals surface area contributed by atoms with E-state index in [1.165, 1.54) is 0 Å². The number of benzene rings is 3. The monoisotopic (exact) mass is 514 g/mol. The van der Waals surface area contributed by atoms with Gasteiger partial charge in [0, 0.05) is 39.8 Å². The Hall–Kier alpha value is -4.64. The van der Waals surface area contributed by atoms with Crippen LogP contribution in [0.2, 0.25) is 0 Å². The first kappa shape index (κ1) is 20.3. The Balaban J connectivity index is 1.57. The highest BCUT2D eigenvalue weighted by molar-refractivity contribution is 6.09. The molecule has 7 rings (SSSR count). The number of para-hydroxylation sites is 1. The van der Waals surface area contributed by atoms with E-state index in [2.05, 4.69) is 78.1 Å². The van der Waals surface area contributed by atoms with Gasteiger partial charge < -0.3 is 8.98 Å². The summed E-state index contributed by atoms with van der Waals surface area (Å²) in [5, 5.41) is 2.18. The third-order valence-electron chi connectivity index (χ3n) is 8.07. The lowest BCUT2D eigenvalue weighted by Gasteiger charge is -2.13. The largest absolute Gasteiger partial charge is 0.455 e. The molecule has 0 unspecified atom stereocenters. The predicted molar refractivity (Wildman–Crippen MR) is 158 cm³/mol. The molecule has 0 saturated heterocycles. The third-order valence-corrected chi connectivity index (χ3v) is 8.07. The molecule has 0 radical (unpaired) electrons. The van der Waals surface area contributed by atoms with Gasteiger partial charge in [0.25, 0.3) is 0 Å². The second kappa shape index (κ2) is 8.43. The Kier molecular flexibility index (Phi) is 4.40. The van der Waals surface area contributed by atoms with Crippen LogP contribution >= 0.6 is 0 Å². The van der Waals surface area contributed by atoms with E-state index in [-0.39, 0.29) is 5.69 Å². The Morgan fingerprint density at radius 3 is 2.33 bits per heavy atom. The van der Waals surface area contributed by atoms with Crippen LogP contribution < -0.4 is 4.57 Å². The highest BCUT2D eigenvalue weighted by atomic mass is 16.3. The Morgan fingerprint density at radius 1 is 0.821 bits per heavy atom. The molecule has 0 bridgehead atoms. The fraction of sp³-hybridized carbons (Fsp3) is 0.176. The average Bonchev–Trinajstić information content (AvgIpc) is 3.59. The Bertz CT molecular complexity index is 2180. The standard InChI is InChI=1S/C34H31N4O/c1-20-16-17-27-26-14-10-11-15-30(26)39-33(27)31(20)28-18-25(24-12-8-7-9-13-24)19-29(36(28)5)32-23(4)38-22(3)21(2)35-34(38)37(32)6/h7-19H,1-6H3/q+1/i2D3. The van der Waals surface area contributed by atoms with Gasteiger partial charge in [-0.15, -0.1) is 0 Å². The van der Waals surface area contributed by atoms with Crippen LogP contribution in [0.1, 0.15) is 26.8 Å². The summed E-state index contributed by atoms with van der Waals surface area (Å²) in [5.74, 6) is 0.605. The van der Waals surface area contributed by atoms with Gasteiger partial charge in [-0.05, 0) is 50.4 Å². The molecule has 3 aromatic carbocycles. The van der Waals surface area contributed by atoms with Crippen LogP contribution in [0.3, 0.4) is 0 Å². The molecule has 4 aromatic heterocycles. The van der Waals surface area contributed by atoms with E-state index in [0.717, 1.165) is 67.0 Å². The molecule has 0 amide bonds. The van der Waals surface area contributed by atoms with E-state index in [0.29, 0.717) is 11.5 Å². The van der Waals surface area contributed by atoms with Crippen LogP contribution in [0, 0.1) is 27.6 Å². The van der Waals surface area contributed by atoms with Crippen molar-refractivity contribution in [2.24, 2.45) is 14.1 Å². The van der Waals surface area contributed by atoms with Crippen molar-refractivity contribution in [2.75, 3.05) is 0 Å². The molecule has 0 fully saturated rings. The summed E-state index contributed by atoms with van der Waals surface area (Å²) in [6.07, 6.45) is 0. The van der Waals surface area contributed by atoms with Gasteiger partial charge in [0.05, 0.1) is 17.0 Å². The number of rotatable bonds is 3. The lowest BCUT2D eigenvalue weighted by molar-refractivity contribution is -0.649. The first-order valence-electron chi connectivity index (χ1n) is 14.6. The minimum absolute atomic E-state index is 0.137. The minimum Gasteiger partial charge on any atom is -0.455 e. The molecule has 0 aliphatic carbocycles. The van der Waals surface area contributed by atoms with Crippen LogP contribution in [-0.2, 0) is 14.1 Å². The molecule has 5 heteroatoms. The molecular weight excluding hydrogens is 480 g/mol. The molecule has 0 aliphatic rings. The van der Waals surface area contributed by atoms with E-state index < -0.39 is 6.85 Å². The van der Waals surface area contributed by atoms with Crippen molar-refractivity contribution in [2.45, 2.75) is 27.6 Å². The molecule has 0 spiro atoms. The van der Waals surface area contributed by atoms with Crippen LogP contribution in [0.15, 0.2) is 83.3 Å². The van der Waals surface area contributed by atoms with Gasteiger partial charge in [-0.25, -0.2) is 4.98 Å². The maximum atomic E-state index is 7.99. The van der Waals surface area contributed by atoms with Crippen LogP contribution in [0.25, 0.3) is 61.5 Å². The van der Waals surface area contributed by atoms with Crippen molar-refractivity contribution in [3.8, 4) is 33.8 Å². The predicted octanol–water partition coefficient (Wildman–Crippen LogP) is 7.63. The van der Waals surface area contributed by atoms with Gasteiger partial charge in [0.2, 0.25) is 17.2 Å². The van der Waals surface area contributed by atoms with Crippen LogP contribution in [-0.4, -0.2) is 14.0 Å². The third kappa shape index (κ3) is 3.32. The second-order valence-electron chi connectivity index (χ2n) is 10.3. The summed E-state index contributed by atoms with van der Waals surface area (Å²) in [6.45, 7) is 3.70. The summed E-state index contributed by atoms with van der Waals surface area (Å²) in [4.78, 5) is 4.60. The molecule has 0 N–H and O–H groups in total. The number of furan rings is 1. The van der Waals surface area contributed by atoms with Gasteiger partial charge >= 0.3 is 0 Å². The number of pyridine rings is 1. The maximum Gasteiger partial charge on any atom is 0.231 e. The lowest BCUT2D eigenvalue weighted by Crippen LogP contribution is -2.35. The quantitative estimate of drug-likeness (QED) is 0.227. The lowest BCUT2D eigenvalue weighted by atomic mass is 9.96. The second-order valence-corrected chi connectivity index (χ2v) is 10.3. The van der Waals surface area contributed by atoms with Gasteiger partial charge in [0.15, 0.2) is 0 Å². The number of nitrogens with zero attached hydrogens (tertiary/aromatic N) is 4. The van der Waals surface area contributed by atoms with Crippen molar-refractivity contribution in [3.63, 3.8) is 0 Å². The van der Waals surface area contributed by atoms with Gasteiger partial charge in [-0.2, -0.15) is 4.57 Å². The fourth-order valence-corrected chi connectivity index (χ4v) is 6.05. The SMILES string of the molecule is [2H]C([2H])([2H])c1nc2n(C)c(-c3cc(-c4ccccc4)cc(-c4c(C)ccc5c4oc4ccccc45)[n+]3C)c(C)n2c1C. The molecule has 0 saturated carbocycles. The topological polar surface area (TPSA) is 39.2 Å². The molecule has 7 aromatic rings. The molecule has 4 heterocycles. The van der Waals surface area contributed by atoms with E-state index in [1.54, 1.807) is 0 Å². The van der Waals surface area contributed by atoms with Crippen molar-refractivity contribution in [1.29, 1.82) is 0 Å². The molecule has 192 valence electrons. The first-order valence-corrected chi connectivity index (χ1v) is 13.1. The number of aromatic nitrogens is 4. The van der Waals surface area contributed by atoms with E-state index in [1.807, 2.05) is 54.1 Å². The number of aryl methyl sites for hydroxylation is 5. The number of hydrogen-bond donors (Lipinski definition) is 0. The maximum absolute atomic E-state index is 7.99. The van der Waals surface area contributed by atoms with E-state index in [4.69, 9.17) is 8.53 Å². The molecule has 39 heavy (non-hydrogen) atoms. The zero-order valence-corrected chi connectivity index (χ0v) is 22.7. The molecule has 0 atom stereocenters. The number of imidazole rings is 2. The zero-order chi connectivity index (χ0) is 29.5. The smallest absolute Gasteiger partial charge is 0.231 e. The van der Waals surface area contributed by atoms with Gasteiger partial charge in [0.1, 0.15) is 23.9 Å². The summed E-state index contributed by atoms with van der Waals surface area (Å²) >= 11 is 0. The zero-order valence-electron chi connectivity index (χ0n) is 25.7. The van der Waals surface area contributed by atoms with Crippen molar-refractivity contribution in [1.82, 2.24) is 14.0 Å². The Labute approximate surface area is 231 Å². The summed E-state index contributed by atoms with van der Waals surface area (Å²) in [5.41, 5.74) is 10.7. The summed E-state index contributed by atoms with van der Waals surface area (Å²) < 4.78 is 36.6. The molecule has 0 aliphatic heterocycles. The normalized spacial score (nSPS) is 13.3. The molecule has 5 nitrogen and oxygen atoms in total. The number of fused-ring (bicyclic) bond motifs is 4. The highest BCUT2D eigenvalue weighted by Crippen LogP contribution is 2.39. The Morgan fingerprint density at radius 2 is 1.56 bits per heavy atom. The average molecular weight is 515 g/mol. The van der Waals surface area contributed by atoms with Gasteiger partial charge in [-0.1, -0.05) is 60.7 Å². The van der Waals surface area contributed by atoms with Gasteiger partial charge in [-0.3, -0.25) is 4.40 Å². The van der Waals surface area contributed by atoms with Crippen molar-refractivity contribution in [3.05, 3.63) is 102 Å². The summed E-state index contributed by atoms with van der Waals surface area (Å²) in [6, 6.07) is 27.3. The van der Waals surface area contributed by atoms with Crippen LogP contribution in [0.4, 0.5) is 0 Å². The van der Waals surface area contributed by atoms with E-state index in [9.17, 15) is 0 Å². The fourth-order valence-electron chi connectivity index (χ4n) is 6.05. The minimum atomic E-state index is -2.28. The van der Waals surface area contributed by atoms with Crippen LogP contribution in [0.5, 0.6) is 0 Å². The van der Waals surface area contributed by atoms with E-state index >= 15 is 0 Å². The molecular formula is C34H31N4O+. The van der Waals surface area contributed by atoms with Crippen molar-refractivity contribution < 1.29 is 13.1 Å². The first-order chi connectivity index (χ1) is 20.1. The number of hydrogen-bond acceptors (Lipinski definition) is 2. The summed E-state index contributed by atoms with van der Waals surface area (Å²) in [7, 11) is 4.03. The van der Waals surface area contributed by atoms with Crippen molar-refractivity contribution >= 4 is 27.7 Å².